The molecule has 0 saturated carbocycles. The Bertz CT molecular complexity index is 778. The zero-order valence-corrected chi connectivity index (χ0v) is 16.7. The lowest BCUT2D eigenvalue weighted by Gasteiger charge is -2.19. The van der Waals surface area contributed by atoms with Gasteiger partial charge in [-0.05, 0) is 38.5 Å². The van der Waals surface area contributed by atoms with Crippen LogP contribution in [0.3, 0.4) is 0 Å². The molecule has 0 aliphatic rings. The zero-order chi connectivity index (χ0) is 18.9. The van der Waals surface area contributed by atoms with E-state index in [1.54, 1.807) is 12.3 Å². The van der Waals surface area contributed by atoms with Gasteiger partial charge in [0.15, 0.2) is 6.61 Å². The van der Waals surface area contributed by atoms with Crippen LogP contribution in [0.4, 0.5) is 5.95 Å². The van der Waals surface area contributed by atoms with Crippen molar-refractivity contribution < 1.29 is 9.53 Å². The molecule has 0 radical (unpaired) electrons. The number of halogens is 1. The number of carbonyl (C=O) groups is 1. The number of carbonyl (C=O) groups excluding carboxylic acids is 1. The molecule has 0 atom stereocenters. The van der Waals surface area contributed by atoms with Crippen LogP contribution < -0.4 is 15.1 Å². The molecule has 0 bridgehead atoms. The number of benzene rings is 1. The first kappa shape index (κ1) is 19.8. The molecular formula is C18H22BrN5O2. The summed E-state index contributed by atoms with van der Waals surface area (Å²) in [6.07, 6.45) is 1.57. The van der Waals surface area contributed by atoms with E-state index in [4.69, 9.17) is 4.74 Å². The Morgan fingerprint density at radius 1 is 1.31 bits per heavy atom. The van der Waals surface area contributed by atoms with Gasteiger partial charge in [0.1, 0.15) is 0 Å². The number of hydrogen-bond acceptors (Lipinski definition) is 6. The van der Waals surface area contributed by atoms with Crippen molar-refractivity contribution in [2.45, 2.75) is 20.8 Å². The lowest BCUT2D eigenvalue weighted by atomic mass is 10.2. The molecule has 26 heavy (non-hydrogen) atoms. The van der Waals surface area contributed by atoms with Crippen LogP contribution in [0, 0.1) is 6.92 Å². The summed E-state index contributed by atoms with van der Waals surface area (Å²) in [6.45, 7) is 7.35. The highest BCUT2D eigenvalue weighted by molar-refractivity contribution is 9.10. The molecular weight excluding hydrogens is 398 g/mol. The molecule has 1 amide bonds. The Morgan fingerprint density at radius 3 is 2.77 bits per heavy atom. The Kier molecular flexibility index (Phi) is 7.53. The molecule has 0 spiro atoms. The lowest BCUT2D eigenvalue weighted by molar-refractivity contribution is -0.123. The summed E-state index contributed by atoms with van der Waals surface area (Å²) in [5.74, 6) is 0.598. The van der Waals surface area contributed by atoms with E-state index in [0.717, 1.165) is 28.8 Å². The van der Waals surface area contributed by atoms with Crippen LogP contribution in [0.5, 0.6) is 5.88 Å². The lowest BCUT2D eigenvalue weighted by Crippen LogP contribution is -2.26. The normalized spacial score (nSPS) is 10.8. The third-order valence-corrected chi connectivity index (χ3v) is 3.96. The monoisotopic (exact) mass is 419 g/mol. The van der Waals surface area contributed by atoms with Gasteiger partial charge in [0.2, 0.25) is 11.8 Å². The van der Waals surface area contributed by atoms with Gasteiger partial charge in [-0.1, -0.05) is 28.1 Å². The van der Waals surface area contributed by atoms with Gasteiger partial charge in [-0.25, -0.2) is 10.4 Å². The molecule has 1 aromatic heterocycles. The van der Waals surface area contributed by atoms with Gasteiger partial charge in [-0.15, -0.1) is 0 Å². The first-order valence-electron chi connectivity index (χ1n) is 8.32. The predicted octanol–water partition coefficient (Wildman–Crippen LogP) is 2.92. The maximum Gasteiger partial charge on any atom is 0.278 e. The van der Waals surface area contributed by atoms with E-state index in [0.29, 0.717) is 11.8 Å². The summed E-state index contributed by atoms with van der Waals surface area (Å²) >= 11 is 3.38. The van der Waals surface area contributed by atoms with Crippen LogP contribution in [0.1, 0.15) is 25.1 Å². The molecule has 0 fully saturated rings. The smallest absolute Gasteiger partial charge is 0.278 e. The van der Waals surface area contributed by atoms with Crippen molar-refractivity contribution >= 4 is 34.0 Å². The molecule has 1 heterocycles. The second-order valence-corrected chi connectivity index (χ2v) is 6.37. The fourth-order valence-corrected chi connectivity index (χ4v) is 2.60. The van der Waals surface area contributed by atoms with E-state index < -0.39 is 0 Å². The minimum Gasteiger partial charge on any atom is -0.467 e. The molecule has 1 N–H and O–H groups in total. The van der Waals surface area contributed by atoms with Crippen LogP contribution in [-0.2, 0) is 4.79 Å². The summed E-state index contributed by atoms with van der Waals surface area (Å²) < 4.78 is 6.42. The van der Waals surface area contributed by atoms with Crippen molar-refractivity contribution in [1.82, 2.24) is 15.4 Å². The highest BCUT2D eigenvalue weighted by Gasteiger charge is 2.10. The van der Waals surface area contributed by atoms with Gasteiger partial charge >= 0.3 is 0 Å². The van der Waals surface area contributed by atoms with E-state index >= 15 is 0 Å². The number of hydrogen-bond donors (Lipinski definition) is 1. The number of nitrogens with one attached hydrogen (secondary N) is 1. The van der Waals surface area contributed by atoms with Crippen molar-refractivity contribution in [1.29, 1.82) is 0 Å². The van der Waals surface area contributed by atoms with Gasteiger partial charge in [0, 0.05) is 29.3 Å². The molecule has 8 heteroatoms. The Morgan fingerprint density at radius 2 is 2.08 bits per heavy atom. The van der Waals surface area contributed by atoms with Gasteiger partial charge in [-0.3, -0.25) is 4.79 Å². The number of amides is 1. The summed E-state index contributed by atoms with van der Waals surface area (Å²) in [6, 6.07) is 9.28. The highest BCUT2D eigenvalue weighted by Crippen LogP contribution is 2.15. The second-order valence-electron chi connectivity index (χ2n) is 5.46. The molecule has 0 aliphatic heterocycles. The van der Waals surface area contributed by atoms with Crippen molar-refractivity contribution in [3.8, 4) is 5.88 Å². The van der Waals surface area contributed by atoms with Crippen LogP contribution in [0.15, 0.2) is 39.9 Å². The third-order valence-electron chi connectivity index (χ3n) is 3.47. The Labute approximate surface area is 161 Å². The van der Waals surface area contributed by atoms with E-state index in [2.05, 4.69) is 36.4 Å². The highest BCUT2D eigenvalue weighted by atomic mass is 79.9. The van der Waals surface area contributed by atoms with Gasteiger partial charge in [-0.2, -0.15) is 10.1 Å². The number of aryl methyl sites for hydroxylation is 1. The third kappa shape index (κ3) is 6.11. The average molecular weight is 420 g/mol. The fraction of sp³-hybridized carbons (Fsp3) is 0.333. The number of rotatable bonds is 8. The van der Waals surface area contributed by atoms with Crippen LogP contribution >= 0.6 is 15.9 Å². The standard InChI is InChI=1S/C18H22BrN5O2/c1-4-24(5-2)18-21-13(3)9-17(22-18)26-12-16(25)23-20-11-14-7-6-8-15(19)10-14/h6-11H,4-5,12H2,1-3H3,(H,23,25). The summed E-state index contributed by atoms with van der Waals surface area (Å²) in [4.78, 5) is 22.6. The molecule has 7 nitrogen and oxygen atoms in total. The molecule has 2 rings (SSSR count). The Hall–Kier alpha value is -2.48. The minimum atomic E-state index is -0.364. The van der Waals surface area contributed by atoms with Crippen LogP contribution in [0.25, 0.3) is 0 Å². The van der Waals surface area contributed by atoms with Gasteiger partial charge < -0.3 is 9.64 Å². The molecule has 2 aromatic rings. The van der Waals surface area contributed by atoms with E-state index in [1.807, 2.05) is 49.9 Å². The van der Waals surface area contributed by atoms with Gasteiger partial charge in [0.05, 0.1) is 6.21 Å². The number of nitrogens with zero attached hydrogens (tertiary/aromatic N) is 4. The van der Waals surface area contributed by atoms with Crippen molar-refractivity contribution in [2.24, 2.45) is 5.10 Å². The fourth-order valence-electron chi connectivity index (χ4n) is 2.18. The van der Waals surface area contributed by atoms with E-state index in [-0.39, 0.29) is 12.5 Å². The van der Waals surface area contributed by atoms with Gasteiger partial charge in [0.25, 0.3) is 5.91 Å². The van der Waals surface area contributed by atoms with E-state index in [9.17, 15) is 4.79 Å². The molecule has 0 aliphatic carbocycles. The molecule has 0 unspecified atom stereocenters. The van der Waals surface area contributed by atoms with Crippen molar-refractivity contribution in [3.05, 3.63) is 46.1 Å². The average Bonchev–Trinajstić information content (AvgIpc) is 2.61. The molecule has 138 valence electrons. The predicted molar refractivity (Wildman–Crippen MR) is 106 cm³/mol. The largest absolute Gasteiger partial charge is 0.467 e. The van der Waals surface area contributed by atoms with Crippen LogP contribution in [0.2, 0.25) is 0 Å². The number of anilines is 1. The van der Waals surface area contributed by atoms with Crippen molar-refractivity contribution in [3.63, 3.8) is 0 Å². The van der Waals surface area contributed by atoms with Crippen molar-refractivity contribution in [2.75, 3.05) is 24.6 Å². The minimum absolute atomic E-state index is 0.177. The second kappa shape index (κ2) is 9.86. The first-order valence-corrected chi connectivity index (χ1v) is 9.12. The van der Waals surface area contributed by atoms with Crippen LogP contribution in [-0.4, -0.2) is 41.8 Å². The number of ether oxygens (including phenoxy) is 1. The summed E-state index contributed by atoms with van der Waals surface area (Å²) in [5, 5.41) is 3.92. The number of aromatic nitrogens is 2. The summed E-state index contributed by atoms with van der Waals surface area (Å²) in [7, 11) is 0. The van der Waals surface area contributed by atoms with E-state index in [1.165, 1.54) is 0 Å². The maximum atomic E-state index is 11.9. The first-order chi connectivity index (χ1) is 12.5. The maximum absolute atomic E-state index is 11.9. The Balaban J connectivity index is 1.90. The zero-order valence-electron chi connectivity index (χ0n) is 15.1. The molecule has 0 saturated heterocycles. The summed E-state index contributed by atoms with van der Waals surface area (Å²) in [5.41, 5.74) is 4.09. The molecule has 1 aromatic carbocycles. The number of hydrazone groups is 1. The SMILES string of the molecule is CCN(CC)c1nc(C)cc(OCC(=O)NN=Cc2cccc(Br)c2)n1. The topological polar surface area (TPSA) is 79.7 Å². The quantitative estimate of drug-likeness (QED) is 0.525.